The topological polar surface area (TPSA) is 43.9 Å². The van der Waals surface area contributed by atoms with Crippen LogP contribution in [0, 0.1) is 19.8 Å². The van der Waals surface area contributed by atoms with Crippen LogP contribution in [0.25, 0.3) is 5.57 Å². The van der Waals surface area contributed by atoms with Crippen molar-refractivity contribution in [2.45, 2.75) is 33.6 Å². The van der Waals surface area contributed by atoms with Crippen LogP contribution in [-0.2, 0) is 9.59 Å². The van der Waals surface area contributed by atoms with E-state index in [9.17, 15) is 9.59 Å². The van der Waals surface area contributed by atoms with Gasteiger partial charge in [-0.2, -0.15) is 0 Å². The van der Waals surface area contributed by atoms with E-state index in [2.05, 4.69) is 17.9 Å². The second-order valence-corrected chi connectivity index (χ2v) is 9.07. The molecule has 2 aromatic rings. The van der Waals surface area contributed by atoms with Gasteiger partial charge in [-0.1, -0.05) is 30.7 Å². The SMILES string of the molecule is Cc1ccc(C2=C(N3CCC(C)CC3)C(=O)N(c3ccc(N(C)C)cc3)C2=O)c(C)c1. The molecule has 5 nitrogen and oxygen atoms in total. The Kier molecular flexibility index (Phi) is 5.61. The summed E-state index contributed by atoms with van der Waals surface area (Å²) in [5.74, 6) is 0.193. The average Bonchev–Trinajstić information content (AvgIpc) is 2.99. The summed E-state index contributed by atoms with van der Waals surface area (Å²) in [5.41, 5.74) is 5.74. The van der Waals surface area contributed by atoms with Crippen molar-refractivity contribution in [2.75, 3.05) is 37.0 Å². The van der Waals surface area contributed by atoms with Gasteiger partial charge in [0.1, 0.15) is 5.70 Å². The van der Waals surface area contributed by atoms with Crippen LogP contribution in [0.5, 0.6) is 0 Å². The lowest BCUT2D eigenvalue weighted by atomic mass is 9.95. The Labute approximate surface area is 184 Å². The van der Waals surface area contributed by atoms with Gasteiger partial charge in [0, 0.05) is 32.9 Å². The molecule has 4 rings (SSSR count). The van der Waals surface area contributed by atoms with Crippen LogP contribution in [0.3, 0.4) is 0 Å². The molecular weight excluding hydrogens is 386 g/mol. The van der Waals surface area contributed by atoms with Crippen molar-refractivity contribution in [1.29, 1.82) is 0 Å². The number of rotatable bonds is 4. The minimum atomic E-state index is -0.233. The van der Waals surface area contributed by atoms with Gasteiger partial charge in [0.25, 0.3) is 11.8 Å². The summed E-state index contributed by atoms with van der Waals surface area (Å²) in [5, 5.41) is 0. The predicted octanol–water partition coefficient (Wildman–Crippen LogP) is 4.39. The largest absolute Gasteiger partial charge is 0.378 e. The summed E-state index contributed by atoms with van der Waals surface area (Å²) < 4.78 is 0. The molecule has 0 aliphatic carbocycles. The molecule has 2 amide bonds. The van der Waals surface area contributed by atoms with Crippen molar-refractivity contribution < 1.29 is 9.59 Å². The Morgan fingerprint density at radius 3 is 2.13 bits per heavy atom. The number of nitrogens with zero attached hydrogens (tertiary/aromatic N) is 3. The lowest BCUT2D eigenvalue weighted by molar-refractivity contribution is -0.120. The first-order chi connectivity index (χ1) is 14.8. The van der Waals surface area contributed by atoms with Gasteiger partial charge in [0.2, 0.25) is 0 Å². The van der Waals surface area contributed by atoms with Crippen LogP contribution in [0.15, 0.2) is 48.2 Å². The molecule has 0 N–H and O–H groups in total. The van der Waals surface area contributed by atoms with E-state index in [-0.39, 0.29) is 11.8 Å². The zero-order valence-corrected chi connectivity index (χ0v) is 19.1. The Bertz CT molecular complexity index is 1040. The maximum Gasteiger partial charge on any atom is 0.282 e. The smallest absolute Gasteiger partial charge is 0.282 e. The number of hydrogen-bond acceptors (Lipinski definition) is 4. The van der Waals surface area contributed by atoms with E-state index in [4.69, 9.17) is 0 Å². The molecule has 0 atom stereocenters. The molecule has 5 heteroatoms. The molecule has 0 radical (unpaired) electrons. The normalized spacial score (nSPS) is 17.7. The van der Waals surface area contributed by atoms with Gasteiger partial charge in [-0.15, -0.1) is 0 Å². The first kappa shape index (κ1) is 21.2. The molecule has 2 heterocycles. The number of carbonyl (C=O) groups excluding carboxylic acids is 2. The third kappa shape index (κ3) is 3.85. The van der Waals surface area contributed by atoms with Crippen LogP contribution in [0.4, 0.5) is 11.4 Å². The van der Waals surface area contributed by atoms with E-state index >= 15 is 0 Å². The lowest BCUT2D eigenvalue weighted by Gasteiger charge is -2.32. The summed E-state index contributed by atoms with van der Waals surface area (Å²) in [6.45, 7) is 7.90. The Morgan fingerprint density at radius 2 is 1.55 bits per heavy atom. The number of imide groups is 1. The second kappa shape index (κ2) is 8.22. The maximum absolute atomic E-state index is 13.7. The first-order valence-electron chi connectivity index (χ1n) is 11.0. The van der Waals surface area contributed by atoms with Gasteiger partial charge in [-0.3, -0.25) is 9.59 Å². The molecule has 0 bridgehead atoms. The molecule has 2 aromatic carbocycles. The highest BCUT2D eigenvalue weighted by Gasteiger charge is 2.43. The Morgan fingerprint density at radius 1 is 0.903 bits per heavy atom. The summed E-state index contributed by atoms with van der Waals surface area (Å²) in [6, 6.07) is 13.6. The molecule has 0 spiro atoms. The maximum atomic E-state index is 13.7. The zero-order chi connectivity index (χ0) is 22.3. The molecular formula is C26H31N3O2. The number of likely N-dealkylation sites (tertiary alicyclic amines) is 1. The second-order valence-electron chi connectivity index (χ2n) is 9.07. The number of carbonyl (C=O) groups is 2. The number of anilines is 2. The fourth-order valence-electron chi connectivity index (χ4n) is 4.51. The molecule has 2 aliphatic heterocycles. The highest BCUT2D eigenvalue weighted by molar-refractivity contribution is 6.45. The van der Waals surface area contributed by atoms with Crippen molar-refractivity contribution in [3.8, 4) is 0 Å². The predicted molar refractivity (Wildman–Crippen MR) is 126 cm³/mol. The van der Waals surface area contributed by atoms with Crippen LogP contribution in [-0.4, -0.2) is 43.9 Å². The van der Waals surface area contributed by atoms with Crippen molar-refractivity contribution in [1.82, 2.24) is 4.90 Å². The molecule has 31 heavy (non-hydrogen) atoms. The number of aryl methyl sites for hydroxylation is 2. The summed E-state index contributed by atoms with van der Waals surface area (Å²) in [4.78, 5) is 32.8. The van der Waals surface area contributed by atoms with E-state index in [1.165, 1.54) is 4.90 Å². The monoisotopic (exact) mass is 417 g/mol. The van der Waals surface area contributed by atoms with E-state index in [0.717, 1.165) is 48.3 Å². The van der Waals surface area contributed by atoms with Crippen LogP contribution >= 0.6 is 0 Å². The highest BCUT2D eigenvalue weighted by Crippen LogP contribution is 2.37. The van der Waals surface area contributed by atoms with Gasteiger partial charge < -0.3 is 9.80 Å². The molecule has 1 saturated heterocycles. The minimum Gasteiger partial charge on any atom is -0.378 e. The first-order valence-corrected chi connectivity index (χ1v) is 11.0. The van der Waals surface area contributed by atoms with Gasteiger partial charge in [0.15, 0.2) is 0 Å². The van der Waals surface area contributed by atoms with E-state index in [1.54, 1.807) is 0 Å². The van der Waals surface area contributed by atoms with Gasteiger partial charge in [-0.05, 0) is 68.0 Å². The lowest BCUT2D eigenvalue weighted by Crippen LogP contribution is -2.38. The quantitative estimate of drug-likeness (QED) is 0.693. The molecule has 0 unspecified atom stereocenters. The standard InChI is InChI=1S/C26H31N3O2/c1-17-12-14-28(15-13-17)24-23(22-11-6-18(2)16-19(22)3)25(30)29(26(24)31)21-9-7-20(8-10-21)27(4)5/h6-11,16-17H,12-15H2,1-5H3. The van der Waals surface area contributed by atoms with E-state index < -0.39 is 0 Å². The Hall–Kier alpha value is -3.08. The zero-order valence-electron chi connectivity index (χ0n) is 19.1. The van der Waals surface area contributed by atoms with Gasteiger partial charge >= 0.3 is 0 Å². The molecule has 0 saturated carbocycles. The van der Waals surface area contributed by atoms with E-state index in [1.807, 2.05) is 69.2 Å². The Balaban J connectivity index is 1.80. The number of benzene rings is 2. The number of amides is 2. The summed E-state index contributed by atoms with van der Waals surface area (Å²) in [7, 11) is 3.94. The van der Waals surface area contributed by atoms with Crippen molar-refractivity contribution >= 4 is 28.8 Å². The van der Waals surface area contributed by atoms with Crippen molar-refractivity contribution in [3.63, 3.8) is 0 Å². The van der Waals surface area contributed by atoms with Crippen LogP contribution in [0.1, 0.15) is 36.5 Å². The average molecular weight is 418 g/mol. The van der Waals surface area contributed by atoms with Gasteiger partial charge in [0.05, 0.1) is 11.3 Å². The van der Waals surface area contributed by atoms with Crippen molar-refractivity contribution in [3.05, 3.63) is 64.9 Å². The van der Waals surface area contributed by atoms with Gasteiger partial charge in [-0.25, -0.2) is 4.90 Å². The minimum absolute atomic E-state index is 0.216. The summed E-state index contributed by atoms with van der Waals surface area (Å²) in [6.07, 6.45) is 2.06. The molecule has 0 aromatic heterocycles. The van der Waals surface area contributed by atoms with Crippen LogP contribution < -0.4 is 9.80 Å². The molecule has 162 valence electrons. The van der Waals surface area contributed by atoms with Crippen LogP contribution in [0.2, 0.25) is 0 Å². The third-order valence-corrected chi connectivity index (χ3v) is 6.43. The third-order valence-electron chi connectivity index (χ3n) is 6.43. The number of hydrogen-bond donors (Lipinski definition) is 0. The highest BCUT2D eigenvalue weighted by atomic mass is 16.2. The fraction of sp³-hybridized carbons (Fsp3) is 0.385. The number of piperidine rings is 1. The van der Waals surface area contributed by atoms with Crippen molar-refractivity contribution in [2.24, 2.45) is 5.92 Å². The fourth-order valence-corrected chi connectivity index (χ4v) is 4.51. The molecule has 1 fully saturated rings. The van der Waals surface area contributed by atoms with E-state index in [0.29, 0.717) is 22.9 Å². The summed E-state index contributed by atoms with van der Waals surface area (Å²) >= 11 is 0. The molecule has 2 aliphatic rings.